The summed E-state index contributed by atoms with van der Waals surface area (Å²) in [5.74, 6) is 0. The molecule has 0 aliphatic carbocycles. The summed E-state index contributed by atoms with van der Waals surface area (Å²) in [6, 6.07) is 0. The Morgan fingerprint density at radius 1 is 1.17 bits per heavy atom. The maximum Gasteiger partial charge on any atom is 0.109 e. The summed E-state index contributed by atoms with van der Waals surface area (Å²) in [5, 5.41) is 0. The topological polar surface area (TPSA) is 27.7 Å². The predicted molar refractivity (Wildman–Crippen MR) is 46.2 cm³/mol. The molecule has 0 aromatic rings. The highest BCUT2D eigenvalue weighted by Crippen LogP contribution is 2.23. The summed E-state index contributed by atoms with van der Waals surface area (Å²) in [7, 11) is 3.42. The third-order valence-electron chi connectivity index (χ3n) is 2.42. The molecule has 12 heavy (non-hydrogen) atoms. The molecule has 1 rings (SSSR count). The van der Waals surface area contributed by atoms with Crippen molar-refractivity contribution in [2.24, 2.45) is 0 Å². The first-order chi connectivity index (χ1) is 5.69. The number of methoxy groups -OCH3 is 2. The van der Waals surface area contributed by atoms with Crippen LogP contribution in [-0.4, -0.2) is 38.6 Å². The molecule has 1 fully saturated rings. The molecule has 4 atom stereocenters. The number of ether oxygens (including phenoxy) is 3. The van der Waals surface area contributed by atoms with Crippen molar-refractivity contribution in [3.05, 3.63) is 0 Å². The molecular formula is C9H18O3. The van der Waals surface area contributed by atoms with Crippen molar-refractivity contribution in [3.63, 3.8) is 0 Å². The maximum absolute atomic E-state index is 5.62. The minimum atomic E-state index is 0.0752. The van der Waals surface area contributed by atoms with Crippen LogP contribution < -0.4 is 0 Å². The average molecular weight is 174 g/mol. The van der Waals surface area contributed by atoms with Gasteiger partial charge < -0.3 is 14.2 Å². The first kappa shape index (κ1) is 9.96. The molecule has 0 radical (unpaired) electrons. The largest absolute Gasteiger partial charge is 0.379 e. The molecule has 3 nitrogen and oxygen atoms in total. The summed E-state index contributed by atoms with van der Waals surface area (Å²) < 4.78 is 16.3. The lowest BCUT2D eigenvalue weighted by Crippen LogP contribution is -2.47. The molecule has 1 aliphatic rings. The van der Waals surface area contributed by atoms with E-state index in [1.165, 1.54) is 0 Å². The molecule has 0 spiro atoms. The van der Waals surface area contributed by atoms with Crippen LogP contribution in [0.5, 0.6) is 0 Å². The molecule has 0 aromatic heterocycles. The lowest BCUT2D eigenvalue weighted by atomic mass is 9.99. The van der Waals surface area contributed by atoms with Gasteiger partial charge in [-0.25, -0.2) is 0 Å². The Morgan fingerprint density at radius 2 is 1.83 bits per heavy atom. The van der Waals surface area contributed by atoms with Gasteiger partial charge in [-0.05, 0) is 13.8 Å². The predicted octanol–water partition coefficient (Wildman–Crippen LogP) is 1.21. The zero-order valence-electron chi connectivity index (χ0n) is 8.24. The number of hydrogen-bond donors (Lipinski definition) is 0. The van der Waals surface area contributed by atoms with Gasteiger partial charge in [-0.2, -0.15) is 0 Å². The van der Waals surface area contributed by atoms with Crippen molar-refractivity contribution in [1.82, 2.24) is 0 Å². The van der Waals surface area contributed by atoms with Gasteiger partial charge in [-0.15, -0.1) is 0 Å². The second kappa shape index (κ2) is 4.21. The van der Waals surface area contributed by atoms with Crippen LogP contribution in [0.3, 0.4) is 0 Å². The molecule has 0 amide bonds. The van der Waals surface area contributed by atoms with Gasteiger partial charge in [0.05, 0.1) is 18.3 Å². The summed E-state index contributed by atoms with van der Waals surface area (Å²) in [4.78, 5) is 0. The van der Waals surface area contributed by atoms with E-state index < -0.39 is 0 Å². The number of rotatable bonds is 2. The van der Waals surface area contributed by atoms with Gasteiger partial charge in [0.1, 0.15) is 6.10 Å². The van der Waals surface area contributed by atoms with Crippen LogP contribution in [0, 0.1) is 0 Å². The normalized spacial score (nSPS) is 43.0. The Balaban J connectivity index is 2.56. The molecule has 0 aromatic carbocycles. The molecule has 0 saturated carbocycles. The molecule has 1 aliphatic heterocycles. The van der Waals surface area contributed by atoms with E-state index in [1.807, 2.05) is 6.92 Å². The van der Waals surface area contributed by atoms with E-state index in [4.69, 9.17) is 14.2 Å². The number of hydrogen-bond acceptors (Lipinski definition) is 3. The molecule has 72 valence electrons. The summed E-state index contributed by atoms with van der Waals surface area (Å²) in [6.07, 6.45) is 1.57. The van der Waals surface area contributed by atoms with Gasteiger partial charge in [-0.1, -0.05) is 0 Å². The highest BCUT2D eigenvalue weighted by molar-refractivity contribution is 4.83. The van der Waals surface area contributed by atoms with E-state index >= 15 is 0 Å². The lowest BCUT2D eigenvalue weighted by molar-refractivity contribution is -0.176. The van der Waals surface area contributed by atoms with Crippen molar-refractivity contribution >= 4 is 0 Å². The van der Waals surface area contributed by atoms with Gasteiger partial charge >= 0.3 is 0 Å². The minimum absolute atomic E-state index is 0.0752. The summed E-state index contributed by atoms with van der Waals surface area (Å²) in [6.45, 7) is 4.09. The fraction of sp³-hybridized carbons (Fsp3) is 1.00. The van der Waals surface area contributed by atoms with Crippen LogP contribution in [-0.2, 0) is 14.2 Å². The van der Waals surface area contributed by atoms with Crippen LogP contribution in [0.4, 0.5) is 0 Å². The average Bonchev–Trinajstić information content (AvgIpc) is 2.03. The van der Waals surface area contributed by atoms with E-state index in [9.17, 15) is 0 Å². The first-order valence-corrected chi connectivity index (χ1v) is 4.40. The third kappa shape index (κ3) is 1.97. The molecule has 1 saturated heterocycles. The molecule has 0 bridgehead atoms. The Bertz CT molecular complexity index is 138. The van der Waals surface area contributed by atoms with E-state index in [1.54, 1.807) is 14.2 Å². The van der Waals surface area contributed by atoms with Crippen molar-refractivity contribution in [2.75, 3.05) is 14.2 Å². The smallest absolute Gasteiger partial charge is 0.109 e. The van der Waals surface area contributed by atoms with E-state index in [0.717, 1.165) is 6.42 Å². The van der Waals surface area contributed by atoms with Crippen molar-refractivity contribution < 1.29 is 14.2 Å². The highest BCUT2D eigenvalue weighted by Gasteiger charge is 2.34. The Hall–Kier alpha value is -0.120. The lowest BCUT2D eigenvalue weighted by Gasteiger charge is -2.37. The Morgan fingerprint density at radius 3 is 2.33 bits per heavy atom. The highest BCUT2D eigenvalue weighted by atomic mass is 16.6. The Labute approximate surface area is 74.0 Å². The zero-order chi connectivity index (χ0) is 9.14. The van der Waals surface area contributed by atoms with Crippen LogP contribution in [0.1, 0.15) is 20.3 Å². The fourth-order valence-electron chi connectivity index (χ4n) is 1.84. The van der Waals surface area contributed by atoms with E-state index in [2.05, 4.69) is 6.92 Å². The quantitative estimate of drug-likeness (QED) is 0.630. The third-order valence-corrected chi connectivity index (χ3v) is 2.42. The summed E-state index contributed by atoms with van der Waals surface area (Å²) >= 11 is 0. The molecule has 2 unspecified atom stereocenters. The molecule has 1 heterocycles. The van der Waals surface area contributed by atoms with E-state index in [0.29, 0.717) is 0 Å². The van der Waals surface area contributed by atoms with Crippen LogP contribution in [0.2, 0.25) is 0 Å². The summed E-state index contributed by atoms with van der Waals surface area (Å²) in [5.41, 5.74) is 0. The van der Waals surface area contributed by atoms with Gasteiger partial charge in [0, 0.05) is 20.6 Å². The van der Waals surface area contributed by atoms with Crippen LogP contribution >= 0.6 is 0 Å². The van der Waals surface area contributed by atoms with E-state index in [-0.39, 0.29) is 24.4 Å². The maximum atomic E-state index is 5.62. The van der Waals surface area contributed by atoms with Gasteiger partial charge in [0.15, 0.2) is 0 Å². The Kier molecular flexibility index (Phi) is 3.50. The van der Waals surface area contributed by atoms with Crippen LogP contribution in [0.15, 0.2) is 0 Å². The zero-order valence-corrected chi connectivity index (χ0v) is 8.24. The second-order valence-electron chi connectivity index (χ2n) is 3.36. The van der Waals surface area contributed by atoms with Crippen molar-refractivity contribution in [2.45, 2.75) is 44.7 Å². The standard InChI is InChI=1S/C9H18O3/c1-6-5-8(10-3)9(11-4)7(2)12-6/h6-9H,5H2,1-4H3/t6-,7?,8?,9-/m0/s1. The monoisotopic (exact) mass is 174 g/mol. The van der Waals surface area contributed by atoms with Crippen LogP contribution in [0.25, 0.3) is 0 Å². The van der Waals surface area contributed by atoms with Crippen molar-refractivity contribution in [1.29, 1.82) is 0 Å². The minimum Gasteiger partial charge on any atom is -0.379 e. The SMILES string of the molecule is COC1C[C@H](C)OC(C)[C@@H]1OC. The van der Waals surface area contributed by atoms with Gasteiger partial charge in [-0.3, -0.25) is 0 Å². The van der Waals surface area contributed by atoms with Gasteiger partial charge in [0.2, 0.25) is 0 Å². The molecule has 3 heteroatoms. The first-order valence-electron chi connectivity index (χ1n) is 4.40. The second-order valence-corrected chi connectivity index (χ2v) is 3.36. The van der Waals surface area contributed by atoms with Gasteiger partial charge in [0.25, 0.3) is 0 Å². The molecule has 0 N–H and O–H groups in total. The van der Waals surface area contributed by atoms with Crippen molar-refractivity contribution in [3.8, 4) is 0 Å². The fourth-order valence-corrected chi connectivity index (χ4v) is 1.84. The molecular weight excluding hydrogens is 156 g/mol.